The van der Waals surface area contributed by atoms with Gasteiger partial charge in [0.2, 0.25) is 0 Å². The monoisotopic (exact) mass is 254 g/mol. The van der Waals surface area contributed by atoms with Gasteiger partial charge in [-0.1, -0.05) is 18.2 Å². The zero-order valence-electron chi connectivity index (χ0n) is 11.1. The standard InChI is InChI=1S/C14H14N4O/c1-9-10(2)17-18(11(9)3)14(19)13(16-15)12-7-5-4-6-8-12/h4-8H,1-3H3. The van der Waals surface area contributed by atoms with E-state index in [0.29, 0.717) is 5.56 Å². The van der Waals surface area contributed by atoms with Gasteiger partial charge in [-0.05, 0) is 38.5 Å². The zero-order chi connectivity index (χ0) is 14.0. The number of hydrogen-bond acceptors (Lipinski definition) is 2. The van der Waals surface area contributed by atoms with Gasteiger partial charge in [-0.15, -0.1) is 0 Å². The predicted molar refractivity (Wildman–Crippen MR) is 71.2 cm³/mol. The van der Waals surface area contributed by atoms with E-state index in [0.717, 1.165) is 17.0 Å². The minimum absolute atomic E-state index is 0.0220. The van der Waals surface area contributed by atoms with E-state index in [4.69, 9.17) is 5.53 Å². The molecule has 0 amide bonds. The summed E-state index contributed by atoms with van der Waals surface area (Å²) in [6.07, 6.45) is 0. The van der Waals surface area contributed by atoms with Gasteiger partial charge in [0, 0.05) is 5.69 Å². The van der Waals surface area contributed by atoms with Gasteiger partial charge in [0.1, 0.15) is 0 Å². The van der Waals surface area contributed by atoms with Crippen LogP contribution in [0.5, 0.6) is 0 Å². The van der Waals surface area contributed by atoms with Crippen LogP contribution in [0.1, 0.15) is 27.3 Å². The molecule has 0 bridgehead atoms. The maximum Gasteiger partial charge on any atom is 0.388 e. The van der Waals surface area contributed by atoms with Gasteiger partial charge in [0.05, 0.1) is 11.3 Å². The van der Waals surface area contributed by atoms with E-state index in [9.17, 15) is 4.79 Å². The SMILES string of the molecule is Cc1nn(C(=O)C(=[N+]=[N-])c2ccccc2)c(C)c1C. The lowest BCUT2D eigenvalue weighted by atomic mass is 10.1. The molecule has 2 rings (SSSR count). The van der Waals surface area contributed by atoms with Crippen LogP contribution in [0.2, 0.25) is 0 Å². The molecule has 0 N–H and O–H groups in total. The van der Waals surface area contributed by atoms with E-state index < -0.39 is 5.91 Å². The number of carbonyl (C=O) groups excluding carboxylic acids is 1. The van der Waals surface area contributed by atoms with E-state index >= 15 is 0 Å². The summed E-state index contributed by atoms with van der Waals surface area (Å²) in [6.45, 7) is 5.55. The van der Waals surface area contributed by atoms with Gasteiger partial charge in [-0.2, -0.15) is 14.6 Å². The lowest BCUT2D eigenvalue weighted by Crippen LogP contribution is -2.25. The van der Waals surface area contributed by atoms with Crippen LogP contribution in [0.15, 0.2) is 30.3 Å². The van der Waals surface area contributed by atoms with Crippen molar-refractivity contribution in [2.24, 2.45) is 0 Å². The lowest BCUT2D eigenvalue weighted by Gasteiger charge is -2.00. The Morgan fingerprint density at radius 2 is 1.84 bits per heavy atom. The third-order valence-corrected chi connectivity index (χ3v) is 3.20. The first-order valence-corrected chi connectivity index (χ1v) is 5.91. The summed E-state index contributed by atoms with van der Waals surface area (Å²) in [5.41, 5.74) is 12.1. The lowest BCUT2D eigenvalue weighted by molar-refractivity contribution is -0.00624. The van der Waals surface area contributed by atoms with E-state index in [-0.39, 0.29) is 5.71 Å². The molecule has 1 heterocycles. The molecule has 0 saturated heterocycles. The van der Waals surface area contributed by atoms with Gasteiger partial charge >= 0.3 is 11.6 Å². The van der Waals surface area contributed by atoms with Crippen molar-refractivity contribution in [3.8, 4) is 0 Å². The molecule has 0 radical (unpaired) electrons. The minimum atomic E-state index is -0.442. The third kappa shape index (κ3) is 2.23. The first-order valence-electron chi connectivity index (χ1n) is 5.91. The highest BCUT2D eigenvalue weighted by Crippen LogP contribution is 2.12. The van der Waals surface area contributed by atoms with Gasteiger partial charge in [-0.3, -0.25) is 4.79 Å². The summed E-state index contributed by atoms with van der Waals surface area (Å²) < 4.78 is 1.27. The molecular weight excluding hydrogens is 240 g/mol. The van der Waals surface area contributed by atoms with Crippen molar-refractivity contribution in [3.05, 3.63) is 58.4 Å². The molecule has 5 heteroatoms. The Bertz CT molecular complexity index is 679. The average molecular weight is 254 g/mol. The van der Waals surface area contributed by atoms with E-state index in [1.807, 2.05) is 26.8 Å². The quantitative estimate of drug-likeness (QED) is 0.468. The fourth-order valence-corrected chi connectivity index (χ4v) is 1.84. The summed E-state index contributed by atoms with van der Waals surface area (Å²) in [5.74, 6) is -0.442. The Morgan fingerprint density at radius 1 is 1.21 bits per heavy atom. The first kappa shape index (κ1) is 12.9. The molecule has 0 aliphatic carbocycles. The van der Waals surface area contributed by atoms with Crippen molar-refractivity contribution in [2.45, 2.75) is 20.8 Å². The predicted octanol–water partition coefficient (Wildman–Crippen LogP) is 2.17. The minimum Gasteiger partial charge on any atom is -0.361 e. The van der Waals surface area contributed by atoms with Crippen LogP contribution < -0.4 is 0 Å². The molecule has 0 fully saturated rings. The molecule has 0 spiro atoms. The topological polar surface area (TPSA) is 71.3 Å². The second-order valence-corrected chi connectivity index (χ2v) is 4.33. The summed E-state index contributed by atoms with van der Waals surface area (Å²) in [5, 5.41) is 4.18. The largest absolute Gasteiger partial charge is 0.388 e. The highest BCUT2D eigenvalue weighted by atomic mass is 16.2. The number of aryl methyl sites for hydroxylation is 1. The second-order valence-electron chi connectivity index (χ2n) is 4.33. The van der Waals surface area contributed by atoms with Gasteiger partial charge in [0.25, 0.3) is 0 Å². The number of aromatic nitrogens is 2. The van der Waals surface area contributed by atoms with Gasteiger partial charge in [0.15, 0.2) is 0 Å². The zero-order valence-corrected chi connectivity index (χ0v) is 11.1. The Balaban J connectivity index is 2.49. The molecule has 19 heavy (non-hydrogen) atoms. The van der Waals surface area contributed by atoms with E-state index in [1.165, 1.54) is 4.68 Å². The average Bonchev–Trinajstić information content (AvgIpc) is 2.68. The van der Waals surface area contributed by atoms with Crippen molar-refractivity contribution >= 4 is 11.6 Å². The summed E-state index contributed by atoms with van der Waals surface area (Å²) in [6, 6.07) is 8.81. The van der Waals surface area contributed by atoms with Crippen LogP contribution in [0.4, 0.5) is 0 Å². The van der Waals surface area contributed by atoms with Crippen LogP contribution >= 0.6 is 0 Å². The maximum atomic E-state index is 12.4. The van der Waals surface area contributed by atoms with Crippen molar-refractivity contribution < 1.29 is 9.58 Å². The number of carbonyl (C=O) groups is 1. The number of nitrogens with zero attached hydrogens (tertiary/aromatic N) is 4. The Kier molecular flexibility index (Phi) is 3.40. The molecule has 0 aliphatic heterocycles. The highest BCUT2D eigenvalue weighted by molar-refractivity contribution is 6.43. The van der Waals surface area contributed by atoms with E-state index in [1.54, 1.807) is 24.3 Å². The van der Waals surface area contributed by atoms with Crippen LogP contribution in [0.25, 0.3) is 5.53 Å². The van der Waals surface area contributed by atoms with Crippen LogP contribution in [-0.4, -0.2) is 26.2 Å². The fourth-order valence-electron chi connectivity index (χ4n) is 1.84. The Hall–Kier alpha value is -2.52. The number of rotatable bonds is 2. The van der Waals surface area contributed by atoms with Crippen molar-refractivity contribution in [2.75, 3.05) is 0 Å². The molecule has 0 aliphatic rings. The number of hydrogen-bond donors (Lipinski definition) is 0. The molecule has 1 aromatic carbocycles. The molecule has 96 valence electrons. The smallest absolute Gasteiger partial charge is 0.361 e. The van der Waals surface area contributed by atoms with Crippen molar-refractivity contribution in [3.63, 3.8) is 0 Å². The van der Waals surface area contributed by atoms with Crippen molar-refractivity contribution in [1.29, 1.82) is 0 Å². The van der Waals surface area contributed by atoms with Crippen LogP contribution in [0.3, 0.4) is 0 Å². The molecular formula is C14H14N4O. The summed E-state index contributed by atoms with van der Waals surface area (Å²) >= 11 is 0. The molecule has 0 saturated carbocycles. The molecule has 5 nitrogen and oxygen atoms in total. The molecule has 1 aromatic heterocycles. The van der Waals surface area contributed by atoms with Crippen molar-refractivity contribution in [1.82, 2.24) is 9.78 Å². The molecule has 0 atom stereocenters. The second kappa shape index (κ2) is 5.00. The summed E-state index contributed by atoms with van der Waals surface area (Å²) in [4.78, 5) is 15.5. The Morgan fingerprint density at radius 3 is 2.32 bits per heavy atom. The highest BCUT2D eigenvalue weighted by Gasteiger charge is 2.27. The first-order chi connectivity index (χ1) is 9.06. The Labute approximate surface area is 111 Å². The maximum absolute atomic E-state index is 12.4. The third-order valence-electron chi connectivity index (χ3n) is 3.20. The number of benzene rings is 1. The molecule has 0 unspecified atom stereocenters. The van der Waals surface area contributed by atoms with Gasteiger partial charge in [-0.25, -0.2) is 0 Å². The normalized spacial score (nSPS) is 10.1. The van der Waals surface area contributed by atoms with E-state index in [2.05, 4.69) is 9.89 Å². The van der Waals surface area contributed by atoms with Gasteiger partial charge < -0.3 is 5.53 Å². The molecule has 2 aromatic rings. The van der Waals surface area contributed by atoms with Crippen LogP contribution in [-0.2, 0) is 0 Å². The summed E-state index contributed by atoms with van der Waals surface area (Å²) in [7, 11) is 0. The van der Waals surface area contributed by atoms with Crippen LogP contribution in [0, 0.1) is 20.8 Å². The fraction of sp³-hybridized carbons (Fsp3) is 0.214.